The zero-order valence-corrected chi connectivity index (χ0v) is 9.66. The standard InChI is InChI=1S/C9H12N4O2S/c1-2-3-14-4-7-12-8(15-13-7)6-5-16-9(10)11-6/h5H,2-4H2,1H3,(H2,10,11). The van der Waals surface area contributed by atoms with Gasteiger partial charge in [0.25, 0.3) is 5.89 Å². The van der Waals surface area contributed by atoms with Gasteiger partial charge in [-0.25, -0.2) is 4.98 Å². The summed E-state index contributed by atoms with van der Waals surface area (Å²) in [6.07, 6.45) is 0.966. The Balaban J connectivity index is 2.02. The molecule has 7 heteroatoms. The van der Waals surface area contributed by atoms with E-state index < -0.39 is 0 Å². The lowest BCUT2D eigenvalue weighted by Crippen LogP contribution is -1.95. The second kappa shape index (κ2) is 5.04. The van der Waals surface area contributed by atoms with Crippen molar-refractivity contribution in [3.8, 4) is 11.6 Å². The number of nitrogen functional groups attached to an aromatic ring is 1. The Morgan fingerprint density at radius 2 is 2.38 bits per heavy atom. The van der Waals surface area contributed by atoms with E-state index in [1.807, 2.05) is 6.92 Å². The van der Waals surface area contributed by atoms with Crippen LogP contribution in [0.15, 0.2) is 9.90 Å². The minimum absolute atomic E-state index is 0.358. The lowest BCUT2D eigenvalue weighted by molar-refractivity contribution is 0.114. The first-order valence-electron chi connectivity index (χ1n) is 4.91. The number of nitrogens with two attached hydrogens (primary N) is 1. The molecular formula is C9H12N4O2S. The summed E-state index contributed by atoms with van der Waals surface area (Å²) in [5.74, 6) is 0.901. The van der Waals surface area contributed by atoms with E-state index in [1.165, 1.54) is 11.3 Å². The lowest BCUT2D eigenvalue weighted by Gasteiger charge is -1.95. The fourth-order valence-electron chi connectivity index (χ4n) is 1.11. The topological polar surface area (TPSA) is 87.1 Å². The smallest absolute Gasteiger partial charge is 0.277 e. The van der Waals surface area contributed by atoms with E-state index in [4.69, 9.17) is 15.0 Å². The predicted molar refractivity (Wildman–Crippen MR) is 59.8 cm³/mol. The summed E-state index contributed by atoms with van der Waals surface area (Å²) in [5.41, 5.74) is 6.12. The molecule has 0 saturated heterocycles. The van der Waals surface area contributed by atoms with Gasteiger partial charge in [0, 0.05) is 12.0 Å². The lowest BCUT2D eigenvalue weighted by atomic mass is 10.5. The Morgan fingerprint density at radius 3 is 3.06 bits per heavy atom. The summed E-state index contributed by atoms with van der Waals surface area (Å²) < 4.78 is 10.3. The monoisotopic (exact) mass is 240 g/mol. The third-order valence-corrected chi connectivity index (χ3v) is 2.46. The number of hydrogen-bond donors (Lipinski definition) is 1. The molecule has 0 bridgehead atoms. The molecule has 6 nitrogen and oxygen atoms in total. The van der Waals surface area contributed by atoms with Gasteiger partial charge in [-0.15, -0.1) is 11.3 Å². The van der Waals surface area contributed by atoms with Crippen LogP contribution >= 0.6 is 11.3 Å². The third kappa shape index (κ3) is 2.56. The highest BCUT2D eigenvalue weighted by molar-refractivity contribution is 7.13. The van der Waals surface area contributed by atoms with Crippen LogP contribution in [0.4, 0.5) is 5.13 Å². The van der Waals surface area contributed by atoms with Crippen LogP contribution < -0.4 is 5.73 Å². The van der Waals surface area contributed by atoms with E-state index in [-0.39, 0.29) is 0 Å². The van der Waals surface area contributed by atoms with Crippen molar-refractivity contribution < 1.29 is 9.26 Å². The van der Waals surface area contributed by atoms with Gasteiger partial charge < -0.3 is 15.0 Å². The SMILES string of the molecule is CCCOCc1noc(-c2csc(N)n2)n1. The summed E-state index contributed by atoms with van der Waals surface area (Å²) in [6, 6.07) is 0. The molecule has 0 aliphatic heterocycles. The third-order valence-electron chi connectivity index (χ3n) is 1.79. The molecule has 0 radical (unpaired) electrons. The second-order valence-electron chi connectivity index (χ2n) is 3.14. The van der Waals surface area contributed by atoms with Crippen LogP contribution in [-0.4, -0.2) is 21.7 Å². The van der Waals surface area contributed by atoms with Crippen LogP contribution in [0.1, 0.15) is 19.2 Å². The maximum absolute atomic E-state index is 5.51. The van der Waals surface area contributed by atoms with Gasteiger partial charge in [0.15, 0.2) is 11.0 Å². The normalized spacial score (nSPS) is 10.8. The highest BCUT2D eigenvalue weighted by Gasteiger charge is 2.11. The van der Waals surface area contributed by atoms with Crippen molar-refractivity contribution in [2.24, 2.45) is 0 Å². The Hall–Kier alpha value is -1.47. The van der Waals surface area contributed by atoms with Gasteiger partial charge in [0.05, 0.1) is 0 Å². The molecule has 16 heavy (non-hydrogen) atoms. The maximum atomic E-state index is 5.51. The van der Waals surface area contributed by atoms with E-state index in [0.717, 1.165) is 6.42 Å². The minimum atomic E-state index is 0.358. The average Bonchev–Trinajstić information content (AvgIpc) is 2.87. The quantitative estimate of drug-likeness (QED) is 0.800. The Morgan fingerprint density at radius 1 is 1.50 bits per heavy atom. The van der Waals surface area contributed by atoms with Gasteiger partial charge in [-0.05, 0) is 6.42 Å². The second-order valence-corrected chi connectivity index (χ2v) is 4.03. The molecule has 2 heterocycles. The van der Waals surface area contributed by atoms with Crippen LogP contribution in [0.25, 0.3) is 11.6 Å². The fraction of sp³-hybridized carbons (Fsp3) is 0.444. The molecule has 2 N–H and O–H groups in total. The number of rotatable bonds is 5. The summed E-state index contributed by atoms with van der Waals surface area (Å²) >= 11 is 1.34. The van der Waals surface area contributed by atoms with Crippen LogP contribution in [0.2, 0.25) is 0 Å². The van der Waals surface area contributed by atoms with Gasteiger partial charge in [-0.1, -0.05) is 12.1 Å². The Bertz CT molecular complexity index is 454. The van der Waals surface area contributed by atoms with Gasteiger partial charge in [-0.3, -0.25) is 0 Å². The van der Waals surface area contributed by atoms with Crippen molar-refractivity contribution in [3.05, 3.63) is 11.2 Å². The van der Waals surface area contributed by atoms with Crippen LogP contribution in [0, 0.1) is 0 Å². The number of nitrogens with zero attached hydrogens (tertiary/aromatic N) is 3. The summed E-state index contributed by atoms with van der Waals surface area (Å²) in [4.78, 5) is 8.20. The molecule has 0 amide bonds. The summed E-state index contributed by atoms with van der Waals surface area (Å²) in [6.45, 7) is 3.09. The number of thiazole rings is 1. The average molecular weight is 240 g/mol. The fourth-order valence-corrected chi connectivity index (χ4v) is 1.65. The predicted octanol–water partition coefficient (Wildman–Crippen LogP) is 1.70. The zero-order chi connectivity index (χ0) is 11.4. The highest BCUT2D eigenvalue weighted by atomic mass is 32.1. The first-order valence-corrected chi connectivity index (χ1v) is 5.79. The van der Waals surface area contributed by atoms with Crippen LogP contribution in [-0.2, 0) is 11.3 Å². The Labute approximate surface area is 96.4 Å². The molecule has 0 fully saturated rings. The molecule has 0 aliphatic carbocycles. The van der Waals surface area contributed by atoms with Crippen LogP contribution in [0.5, 0.6) is 0 Å². The molecule has 2 rings (SSSR count). The van der Waals surface area contributed by atoms with Crippen molar-refractivity contribution in [2.45, 2.75) is 20.0 Å². The van der Waals surface area contributed by atoms with Crippen molar-refractivity contribution in [3.63, 3.8) is 0 Å². The summed E-state index contributed by atoms with van der Waals surface area (Å²) in [7, 11) is 0. The number of anilines is 1. The van der Waals surface area contributed by atoms with E-state index in [1.54, 1.807) is 5.38 Å². The van der Waals surface area contributed by atoms with Crippen molar-refractivity contribution in [1.29, 1.82) is 0 Å². The molecule has 0 unspecified atom stereocenters. The van der Waals surface area contributed by atoms with Crippen LogP contribution in [0.3, 0.4) is 0 Å². The molecule has 2 aromatic heterocycles. The molecule has 0 aromatic carbocycles. The number of aromatic nitrogens is 3. The first-order chi connectivity index (χ1) is 7.79. The van der Waals surface area contributed by atoms with Gasteiger partial charge in [-0.2, -0.15) is 4.98 Å². The van der Waals surface area contributed by atoms with E-state index in [9.17, 15) is 0 Å². The molecule has 0 saturated carbocycles. The number of ether oxygens (including phenoxy) is 1. The van der Waals surface area contributed by atoms with Crippen molar-refractivity contribution >= 4 is 16.5 Å². The van der Waals surface area contributed by atoms with E-state index >= 15 is 0 Å². The first kappa shape index (κ1) is 11.0. The number of hydrogen-bond acceptors (Lipinski definition) is 7. The van der Waals surface area contributed by atoms with Crippen molar-refractivity contribution in [2.75, 3.05) is 12.3 Å². The molecule has 0 spiro atoms. The highest BCUT2D eigenvalue weighted by Crippen LogP contribution is 2.21. The van der Waals surface area contributed by atoms with E-state index in [2.05, 4.69) is 15.1 Å². The maximum Gasteiger partial charge on any atom is 0.277 e. The molecule has 86 valence electrons. The van der Waals surface area contributed by atoms with E-state index in [0.29, 0.717) is 35.8 Å². The van der Waals surface area contributed by atoms with Gasteiger partial charge in [0.1, 0.15) is 12.3 Å². The van der Waals surface area contributed by atoms with Gasteiger partial charge in [0.2, 0.25) is 0 Å². The molecule has 0 atom stereocenters. The largest absolute Gasteiger partial charge is 0.375 e. The van der Waals surface area contributed by atoms with Gasteiger partial charge >= 0.3 is 0 Å². The van der Waals surface area contributed by atoms with Crippen molar-refractivity contribution in [1.82, 2.24) is 15.1 Å². The molecular weight excluding hydrogens is 228 g/mol. The zero-order valence-electron chi connectivity index (χ0n) is 8.84. The molecule has 0 aliphatic rings. The minimum Gasteiger partial charge on any atom is -0.375 e. The summed E-state index contributed by atoms with van der Waals surface area (Å²) in [5, 5.41) is 6.05. The Kier molecular flexibility index (Phi) is 3.47. The molecule has 2 aromatic rings.